The third-order valence-electron chi connectivity index (χ3n) is 3.77. The standard InChI is InChI=1S/C14H17ClFN3O2/c15-11-2-1-3-12(16)10(11)8-13(20)19-6-4-9(5-7-19)14(17)18-21/h1-3,9,21H,4-8H2,(H2,17,18). The van der Waals surface area contributed by atoms with Crippen LogP contribution >= 0.6 is 11.6 Å². The van der Waals surface area contributed by atoms with Gasteiger partial charge in [-0.25, -0.2) is 4.39 Å². The molecule has 2 rings (SSSR count). The van der Waals surface area contributed by atoms with Gasteiger partial charge in [0.15, 0.2) is 0 Å². The molecule has 1 aromatic rings. The first kappa shape index (κ1) is 15.6. The molecule has 0 atom stereocenters. The van der Waals surface area contributed by atoms with Gasteiger partial charge in [-0.3, -0.25) is 4.79 Å². The van der Waals surface area contributed by atoms with Crippen molar-refractivity contribution in [2.45, 2.75) is 19.3 Å². The van der Waals surface area contributed by atoms with Gasteiger partial charge in [0, 0.05) is 29.6 Å². The Morgan fingerprint density at radius 2 is 2.14 bits per heavy atom. The monoisotopic (exact) mass is 313 g/mol. The van der Waals surface area contributed by atoms with Gasteiger partial charge in [0.1, 0.15) is 11.7 Å². The number of amides is 1. The van der Waals surface area contributed by atoms with Gasteiger partial charge < -0.3 is 15.8 Å². The highest BCUT2D eigenvalue weighted by Gasteiger charge is 2.26. The van der Waals surface area contributed by atoms with Gasteiger partial charge in [0.25, 0.3) is 0 Å². The number of hydrogen-bond donors (Lipinski definition) is 2. The van der Waals surface area contributed by atoms with Crippen molar-refractivity contribution in [3.63, 3.8) is 0 Å². The van der Waals surface area contributed by atoms with E-state index in [-0.39, 0.29) is 34.7 Å². The van der Waals surface area contributed by atoms with Crippen LogP contribution in [-0.4, -0.2) is 34.9 Å². The Morgan fingerprint density at radius 1 is 1.48 bits per heavy atom. The number of halogens is 2. The fourth-order valence-electron chi connectivity index (χ4n) is 2.47. The molecule has 1 amide bonds. The second kappa shape index (κ2) is 6.76. The molecule has 0 unspecified atom stereocenters. The van der Waals surface area contributed by atoms with E-state index in [1.807, 2.05) is 0 Å². The van der Waals surface area contributed by atoms with Gasteiger partial charge in [0.05, 0.1) is 6.42 Å². The molecule has 1 fully saturated rings. The summed E-state index contributed by atoms with van der Waals surface area (Å²) in [6.07, 6.45) is 1.21. The number of amidine groups is 1. The predicted molar refractivity (Wildman–Crippen MR) is 77.8 cm³/mol. The predicted octanol–water partition coefficient (Wildman–Crippen LogP) is 2.01. The summed E-state index contributed by atoms with van der Waals surface area (Å²) in [6.45, 7) is 1.01. The molecule has 1 saturated heterocycles. The van der Waals surface area contributed by atoms with E-state index < -0.39 is 5.82 Å². The number of carbonyl (C=O) groups is 1. The Balaban J connectivity index is 1.97. The molecule has 1 aliphatic heterocycles. The van der Waals surface area contributed by atoms with Crippen LogP contribution in [0, 0.1) is 11.7 Å². The molecule has 21 heavy (non-hydrogen) atoms. The largest absolute Gasteiger partial charge is 0.409 e. The highest BCUT2D eigenvalue weighted by atomic mass is 35.5. The third-order valence-corrected chi connectivity index (χ3v) is 4.13. The van der Waals surface area contributed by atoms with Crippen LogP contribution in [0.5, 0.6) is 0 Å². The number of carbonyl (C=O) groups excluding carboxylic acids is 1. The van der Waals surface area contributed by atoms with Crippen molar-refractivity contribution < 1.29 is 14.4 Å². The van der Waals surface area contributed by atoms with E-state index in [1.165, 1.54) is 12.1 Å². The van der Waals surface area contributed by atoms with E-state index in [0.29, 0.717) is 25.9 Å². The topological polar surface area (TPSA) is 78.9 Å². The van der Waals surface area contributed by atoms with Gasteiger partial charge in [-0.05, 0) is 25.0 Å². The van der Waals surface area contributed by atoms with Crippen LogP contribution in [0.25, 0.3) is 0 Å². The molecule has 0 radical (unpaired) electrons. The summed E-state index contributed by atoms with van der Waals surface area (Å²) in [5.41, 5.74) is 5.79. The number of rotatable bonds is 3. The van der Waals surface area contributed by atoms with Gasteiger partial charge in [-0.1, -0.05) is 22.8 Å². The number of likely N-dealkylation sites (tertiary alicyclic amines) is 1. The summed E-state index contributed by atoms with van der Waals surface area (Å²) in [4.78, 5) is 13.9. The maximum atomic E-state index is 13.7. The number of nitrogens with two attached hydrogens (primary N) is 1. The van der Waals surface area contributed by atoms with Crippen LogP contribution in [0.3, 0.4) is 0 Å². The summed E-state index contributed by atoms with van der Waals surface area (Å²) < 4.78 is 13.7. The summed E-state index contributed by atoms with van der Waals surface area (Å²) in [5.74, 6) is -0.460. The minimum absolute atomic E-state index is 0.0175. The molecule has 0 bridgehead atoms. The highest BCUT2D eigenvalue weighted by Crippen LogP contribution is 2.22. The van der Waals surface area contributed by atoms with E-state index in [2.05, 4.69) is 5.16 Å². The third kappa shape index (κ3) is 3.64. The van der Waals surface area contributed by atoms with Crippen molar-refractivity contribution in [1.29, 1.82) is 0 Å². The SMILES string of the molecule is NC(=NO)C1CCN(C(=O)Cc2c(F)cccc2Cl)CC1. The Morgan fingerprint density at radius 3 is 2.71 bits per heavy atom. The first-order chi connectivity index (χ1) is 10.0. The lowest BCUT2D eigenvalue weighted by Crippen LogP contribution is -2.42. The van der Waals surface area contributed by atoms with Crippen molar-refractivity contribution in [1.82, 2.24) is 4.90 Å². The lowest BCUT2D eigenvalue weighted by atomic mass is 9.95. The summed E-state index contributed by atoms with van der Waals surface area (Å²) >= 11 is 5.93. The average Bonchev–Trinajstić information content (AvgIpc) is 2.50. The minimum Gasteiger partial charge on any atom is -0.409 e. The van der Waals surface area contributed by atoms with E-state index >= 15 is 0 Å². The summed E-state index contributed by atoms with van der Waals surface area (Å²) in [6, 6.07) is 4.37. The number of nitrogens with zero attached hydrogens (tertiary/aromatic N) is 2. The van der Waals surface area contributed by atoms with Gasteiger partial charge in [-0.15, -0.1) is 0 Å². The molecular formula is C14H17ClFN3O2. The first-order valence-corrected chi connectivity index (χ1v) is 7.08. The van der Waals surface area contributed by atoms with Crippen LogP contribution in [0.2, 0.25) is 5.02 Å². The molecule has 7 heteroatoms. The summed E-state index contributed by atoms with van der Waals surface area (Å²) in [7, 11) is 0. The molecule has 0 aliphatic carbocycles. The van der Waals surface area contributed by atoms with Crippen LogP contribution < -0.4 is 5.73 Å². The lowest BCUT2D eigenvalue weighted by molar-refractivity contribution is -0.131. The Labute approximate surface area is 127 Å². The second-order valence-electron chi connectivity index (χ2n) is 5.06. The quantitative estimate of drug-likeness (QED) is 0.388. The van der Waals surface area contributed by atoms with E-state index in [0.717, 1.165) is 0 Å². The maximum absolute atomic E-state index is 13.7. The van der Waals surface area contributed by atoms with E-state index in [1.54, 1.807) is 11.0 Å². The molecular weight excluding hydrogens is 297 g/mol. The Bertz CT molecular complexity index is 537. The van der Waals surface area contributed by atoms with Crippen molar-refractivity contribution in [3.8, 4) is 0 Å². The molecule has 3 N–H and O–H groups in total. The van der Waals surface area contributed by atoms with Crippen molar-refractivity contribution in [2.75, 3.05) is 13.1 Å². The molecule has 1 aromatic carbocycles. The number of piperidine rings is 1. The number of benzene rings is 1. The molecule has 0 aromatic heterocycles. The van der Waals surface area contributed by atoms with Crippen molar-refractivity contribution in [3.05, 3.63) is 34.6 Å². The zero-order chi connectivity index (χ0) is 15.4. The van der Waals surface area contributed by atoms with Crippen LogP contribution in [0.4, 0.5) is 4.39 Å². The van der Waals surface area contributed by atoms with Crippen molar-refractivity contribution >= 4 is 23.3 Å². The smallest absolute Gasteiger partial charge is 0.227 e. The second-order valence-corrected chi connectivity index (χ2v) is 5.46. The van der Waals surface area contributed by atoms with Crippen LogP contribution in [-0.2, 0) is 11.2 Å². The van der Waals surface area contributed by atoms with Gasteiger partial charge in [0.2, 0.25) is 5.91 Å². The van der Waals surface area contributed by atoms with Gasteiger partial charge in [-0.2, -0.15) is 0 Å². The van der Waals surface area contributed by atoms with E-state index in [9.17, 15) is 9.18 Å². The molecule has 0 saturated carbocycles. The molecule has 0 spiro atoms. The lowest BCUT2D eigenvalue weighted by Gasteiger charge is -2.31. The highest BCUT2D eigenvalue weighted by molar-refractivity contribution is 6.31. The van der Waals surface area contributed by atoms with Crippen LogP contribution in [0.1, 0.15) is 18.4 Å². The normalized spacial score (nSPS) is 17.0. The zero-order valence-electron chi connectivity index (χ0n) is 11.4. The first-order valence-electron chi connectivity index (χ1n) is 6.71. The number of oxime groups is 1. The van der Waals surface area contributed by atoms with E-state index in [4.69, 9.17) is 22.5 Å². The van der Waals surface area contributed by atoms with Gasteiger partial charge >= 0.3 is 0 Å². The fourth-order valence-corrected chi connectivity index (χ4v) is 2.70. The summed E-state index contributed by atoms with van der Waals surface area (Å²) in [5, 5.41) is 11.9. The van der Waals surface area contributed by atoms with Crippen LogP contribution in [0.15, 0.2) is 23.4 Å². The molecule has 114 valence electrons. The molecule has 1 aliphatic rings. The average molecular weight is 314 g/mol. The maximum Gasteiger partial charge on any atom is 0.227 e. The number of hydrogen-bond acceptors (Lipinski definition) is 3. The van der Waals surface area contributed by atoms with Crippen molar-refractivity contribution in [2.24, 2.45) is 16.8 Å². The minimum atomic E-state index is -0.470. The molecule has 1 heterocycles. The Kier molecular flexibility index (Phi) is 5.01. The Hall–Kier alpha value is -1.82. The fraction of sp³-hybridized carbons (Fsp3) is 0.429. The molecule has 5 nitrogen and oxygen atoms in total. The zero-order valence-corrected chi connectivity index (χ0v) is 12.2.